The van der Waals surface area contributed by atoms with Gasteiger partial charge in [0, 0.05) is 16.9 Å². The summed E-state index contributed by atoms with van der Waals surface area (Å²) in [6.07, 6.45) is 6.40. The van der Waals surface area contributed by atoms with E-state index in [0.29, 0.717) is 10.3 Å². The van der Waals surface area contributed by atoms with Crippen molar-refractivity contribution in [3.8, 4) is 0 Å². The Balaban J connectivity index is 2.00. The van der Waals surface area contributed by atoms with Crippen LogP contribution in [-0.4, -0.2) is 26.2 Å². The quantitative estimate of drug-likeness (QED) is 0.665. The van der Waals surface area contributed by atoms with E-state index in [2.05, 4.69) is 12.6 Å². The predicted molar refractivity (Wildman–Crippen MR) is 85.0 cm³/mol. The summed E-state index contributed by atoms with van der Waals surface area (Å²) in [6.45, 7) is 0. The highest BCUT2D eigenvalue weighted by atomic mass is 32.2. The molecule has 1 aliphatic rings. The Morgan fingerprint density at radius 1 is 1.21 bits per heavy atom. The minimum Gasteiger partial charge on any atom is -0.224 e. The van der Waals surface area contributed by atoms with Crippen molar-refractivity contribution in [2.45, 2.75) is 35.5 Å². The number of rotatable bonds is 5. The van der Waals surface area contributed by atoms with Crippen LogP contribution < -0.4 is 0 Å². The van der Waals surface area contributed by atoms with Gasteiger partial charge in [-0.05, 0) is 48.3 Å². The van der Waals surface area contributed by atoms with Crippen LogP contribution in [0.25, 0.3) is 0 Å². The molecule has 19 heavy (non-hydrogen) atoms. The fraction of sp³-hybridized carbons (Fsp3) is 0.571. The second-order valence-corrected chi connectivity index (χ2v) is 8.78. The molecule has 0 radical (unpaired) electrons. The Labute approximate surface area is 125 Å². The molecular formula is C14H20O2S3. The zero-order valence-electron chi connectivity index (χ0n) is 11.1. The summed E-state index contributed by atoms with van der Waals surface area (Å²) in [4.78, 5) is 1.53. The molecule has 0 amide bonds. The van der Waals surface area contributed by atoms with Crippen LogP contribution in [0.3, 0.4) is 0 Å². The van der Waals surface area contributed by atoms with Gasteiger partial charge < -0.3 is 0 Å². The van der Waals surface area contributed by atoms with Gasteiger partial charge in [0.25, 0.3) is 0 Å². The van der Waals surface area contributed by atoms with Gasteiger partial charge in [0.1, 0.15) is 0 Å². The summed E-state index contributed by atoms with van der Waals surface area (Å²) in [7, 11) is -3.09. The highest BCUT2D eigenvalue weighted by molar-refractivity contribution is 7.99. The van der Waals surface area contributed by atoms with Crippen LogP contribution in [0, 0.1) is 5.41 Å². The van der Waals surface area contributed by atoms with Gasteiger partial charge in [-0.1, -0.05) is 12.8 Å². The van der Waals surface area contributed by atoms with Crippen molar-refractivity contribution < 1.29 is 8.42 Å². The van der Waals surface area contributed by atoms with Gasteiger partial charge in [-0.3, -0.25) is 0 Å². The third-order valence-corrected chi connectivity index (χ3v) is 6.96. The lowest BCUT2D eigenvalue weighted by Crippen LogP contribution is -2.21. The molecule has 0 bridgehead atoms. The third-order valence-electron chi connectivity index (χ3n) is 3.80. The molecule has 0 saturated heterocycles. The first-order valence-electron chi connectivity index (χ1n) is 6.49. The van der Waals surface area contributed by atoms with Crippen LogP contribution in [0.5, 0.6) is 0 Å². The molecule has 1 saturated carbocycles. The molecule has 0 aliphatic heterocycles. The lowest BCUT2D eigenvalue weighted by molar-refractivity contribution is 0.403. The highest BCUT2D eigenvalue weighted by Gasteiger charge is 2.32. The maximum atomic E-state index is 11.4. The molecule has 0 heterocycles. The largest absolute Gasteiger partial charge is 0.224 e. The Morgan fingerprint density at radius 3 is 2.26 bits per heavy atom. The highest BCUT2D eigenvalue weighted by Crippen LogP contribution is 2.42. The summed E-state index contributed by atoms with van der Waals surface area (Å²) < 4.78 is 22.8. The summed E-state index contributed by atoms with van der Waals surface area (Å²) in [6, 6.07) is 7.20. The number of hydrogen-bond acceptors (Lipinski definition) is 4. The first-order chi connectivity index (χ1) is 8.95. The molecule has 1 aliphatic carbocycles. The number of thioether (sulfide) groups is 1. The topological polar surface area (TPSA) is 34.1 Å². The van der Waals surface area contributed by atoms with Gasteiger partial charge in [0.15, 0.2) is 9.84 Å². The zero-order valence-corrected chi connectivity index (χ0v) is 13.7. The SMILES string of the molecule is CS(=O)(=O)c1ccc(SCC2(CS)CCCC2)cc1. The first-order valence-corrected chi connectivity index (χ1v) is 10.00. The molecule has 0 unspecified atom stereocenters. The van der Waals surface area contributed by atoms with Crippen molar-refractivity contribution in [2.24, 2.45) is 5.41 Å². The standard InChI is InChI=1S/C14H20O2S3/c1-19(15,16)13-6-4-12(5-7-13)18-11-14(10-17)8-2-3-9-14/h4-7,17H,2-3,8-11H2,1H3. The predicted octanol–water partition coefficient (Wildman–Crippen LogP) is 3.67. The number of benzene rings is 1. The molecule has 1 fully saturated rings. The maximum absolute atomic E-state index is 11.4. The van der Waals surface area contributed by atoms with E-state index in [1.54, 1.807) is 12.1 Å². The molecule has 2 nitrogen and oxygen atoms in total. The van der Waals surface area contributed by atoms with E-state index in [0.717, 1.165) is 16.4 Å². The van der Waals surface area contributed by atoms with Crippen LogP contribution in [0.15, 0.2) is 34.1 Å². The fourth-order valence-corrected chi connectivity index (χ4v) is 4.89. The lowest BCUT2D eigenvalue weighted by atomic mass is 9.91. The minimum absolute atomic E-state index is 0.378. The monoisotopic (exact) mass is 316 g/mol. The van der Waals surface area contributed by atoms with E-state index in [4.69, 9.17) is 0 Å². The third kappa shape index (κ3) is 3.92. The van der Waals surface area contributed by atoms with Gasteiger partial charge in [-0.2, -0.15) is 12.6 Å². The van der Waals surface area contributed by atoms with Gasteiger partial charge in [-0.25, -0.2) is 8.42 Å². The van der Waals surface area contributed by atoms with Crippen molar-refractivity contribution >= 4 is 34.2 Å². The molecule has 1 aromatic carbocycles. The van der Waals surface area contributed by atoms with Crippen molar-refractivity contribution in [1.29, 1.82) is 0 Å². The zero-order chi connectivity index (χ0) is 13.9. The molecule has 0 aromatic heterocycles. The average molecular weight is 317 g/mol. The fourth-order valence-electron chi connectivity index (χ4n) is 2.49. The van der Waals surface area contributed by atoms with Crippen molar-refractivity contribution in [3.05, 3.63) is 24.3 Å². The van der Waals surface area contributed by atoms with Crippen LogP contribution >= 0.6 is 24.4 Å². The molecule has 0 N–H and O–H groups in total. The second-order valence-electron chi connectivity index (χ2n) is 5.40. The Kier molecular flexibility index (Phi) is 4.90. The van der Waals surface area contributed by atoms with Crippen molar-refractivity contribution in [2.75, 3.05) is 17.8 Å². The van der Waals surface area contributed by atoms with Gasteiger partial charge >= 0.3 is 0 Å². The molecule has 106 valence electrons. The molecule has 2 rings (SSSR count). The molecule has 1 aromatic rings. The van der Waals surface area contributed by atoms with Crippen LogP contribution in [0.1, 0.15) is 25.7 Å². The average Bonchev–Trinajstić information content (AvgIpc) is 2.85. The Bertz CT molecular complexity index is 514. The van der Waals surface area contributed by atoms with Crippen LogP contribution in [0.4, 0.5) is 0 Å². The first kappa shape index (κ1) is 15.3. The summed E-state index contributed by atoms with van der Waals surface area (Å²) >= 11 is 6.33. The lowest BCUT2D eigenvalue weighted by Gasteiger charge is -2.26. The van der Waals surface area contributed by atoms with E-state index in [9.17, 15) is 8.42 Å². The van der Waals surface area contributed by atoms with E-state index < -0.39 is 9.84 Å². The summed E-state index contributed by atoms with van der Waals surface area (Å²) in [5.74, 6) is 2.02. The summed E-state index contributed by atoms with van der Waals surface area (Å²) in [5.41, 5.74) is 0.378. The Hall–Kier alpha value is -0.130. The van der Waals surface area contributed by atoms with Crippen LogP contribution in [0.2, 0.25) is 0 Å². The maximum Gasteiger partial charge on any atom is 0.175 e. The van der Waals surface area contributed by atoms with Gasteiger partial charge in [0.05, 0.1) is 4.90 Å². The molecular weight excluding hydrogens is 296 g/mol. The van der Waals surface area contributed by atoms with Gasteiger partial charge in [-0.15, -0.1) is 11.8 Å². The van der Waals surface area contributed by atoms with Crippen molar-refractivity contribution in [3.63, 3.8) is 0 Å². The molecule has 5 heteroatoms. The normalized spacial score (nSPS) is 18.6. The molecule has 0 spiro atoms. The van der Waals surface area contributed by atoms with E-state index in [-0.39, 0.29) is 0 Å². The number of thiol groups is 1. The smallest absolute Gasteiger partial charge is 0.175 e. The minimum atomic E-state index is -3.09. The molecule has 0 atom stereocenters. The summed E-state index contributed by atoms with van der Waals surface area (Å²) in [5, 5.41) is 0. The van der Waals surface area contributed by atoms with Crippen molar-refractivity contribution in [1.82, 2.24) is 0 Å². The van der Waals surface area contributed by atoms with Gasteiger partial charge in [0.2, 0.25) is 0 Å². The van der Waals surface area contributed by atoms with E-state index >= 15 is 0 Å². The van der Waals surface area contributed by atoms with E-state index in [1.165, 1.54) is 31.9 Å². The number of sulfone groups is 1. The second kappa shape index (κ2) is 6.10. The number of hydrogen-bond donors (Lipinski definition) is 1. The van der Waals surface area contributed by atoms with Crippen LogP contribution in [-0.2, 0) is 9.84 Å². The van der Waals surface area contributed by atoms with E-state index in [1.807, 2.05) is 23.9 Å². The Morgan fingerprint density at radius 2 is 1.79 bits per heavy atom.